The normalized spacial score (nSPS) is 10.0. The highest BCUT2D eigenvalue weighted by Crippen LogP contribution is 2.16. The van der Waals surface area contributed by atoms with Crippen molar-refractivity contribution in [1.29, 1.82) is 0 Å². The third-order valence-electron chi connectivity index (χ3n) is 0.378. The molecule has 0 aliphatic heterocycles. The number of hydrogen-bond acceptors (Lipinski definition) is 3. The van der Waals surface area contributed by atoms with Crippen LogP contribution in [0.1, 0.15) is 6.92 Å². The Morgan fingerprint density at radius 3 is 2.71 bits per heavy atom. The van der Waals surface area contributed by atoms with Gasteiger partial charge in [0.25, 0.3) is 0 Å². The molecule has 0 saturated carbocycles. The van der Waals surface area contributed by atoms with E-state index >= 15 is 0 Å². The van der Waals surface area contributed by atoms with Gasteiger partial charge in [-0.3, -0.25) is 4.99 Å². The fourth-order valence-electron chi connectivity index (χ4n) is 0.168. The first-order valence-corrected chi connectivity index (χ1v) is 3.67. The van der Waals surface area contributed by atoms with Gasteiger partial charge in [-0.1, -0.05) is 6.58 Å². The second kappa shape index (κ2) is 4.27. The van der Waals surface area contributed by atoms with Gasteiger partial charge in [0.15, 0.2) is 0 Å². The van der Waals surface area contributed by atoms with Gasteiger partial charge in [0.2, 0.25) is 0 Å². The molecule has 0 aromatic rings. The Bertz CT molecular complexity index is 87.7. The maximum atomic E-state index is 3.85. The molecule has 40 valence electrons. The molecule has 7 heavy (non-hydrogen) atoms. The van der Waals surface area contributed by atoms with Crippen molar-refractivity contribution in [3.8, 4) is 0 Å². The quantitative estimate of drug-likeness (QED) is 0.346. The standard InChI is InChI=1S/C4H7NS2/c1-3-5-4(2)7-6/h3,6H,2H2,1H3/b5-3-. The third kappa shape index (κ3) is 3.95. The molecule has 0 bridgehead atoms. The van der Waals surface area contributed by atoms with E-state index in [-0.39, 0.29) is 0 Å². The van der Waals surface area contributed by atoms with Crippen LogP contribution in [0.5, 0.6) is 0 Å². The summed E-state index contributed by atoms with van der Waals surface area (Å²) in [5, 5.41) is 0.728. The Morgan fingerprint density at radius 1 is 2.00 bits per heavy atom. The van der Waals surface area contributed by atoms with Crippen LogP contribution >= 0.6 is 22.5 Å². The van der Waals surface area contributed by atoms with Gasteiger partial charge in [0.05, 0.1) is 5.03 Å². The molecule has 0 aromatic carbocycles. The highest BCUT2D eigenvalue weighted by atomic mass is 33.1. The van der Waals surface area contributed by atoms with E-state index in [9.17, 15) is 0 Å². The van der Waals surface area contributed by atoms with Crippen LogP contribution in [0.15, 0.2) is 16.6 Å². The highest BCUT2D eigenvalue weighted by Gasteiger charge is 1.77. The third-order valence-corrected chi connectivity index (χ3v) is 1.33. The summed E-state index contributed by atoms with van der Waals surface area (Å²) in [5.41, 5.74) is 0. The molecular weight excluding hydrogens is 126 g/mol. The second-order valence-corrected chi connectivity index (χ2v) is 2.07. The van der Waals surface area contributed by atoms with Crippen molar-refractivity contribution in [2.24, 2.45) is 4.99 Å². The zero-order valence-corrected chi connectivity index (χ0v) is 5.80. The smallest absolute Gasteiger partial charge is 0.0986 e. The summed E-state index contributed by atoms with van der Waals surface area (Å²) >= 11 is 3.85. The number of nitrogens with zero attached hydrogens (tertiary/aromatic N) is 1. The SMILES string of the molecule is C=C(/N=C\C)SS. The Balaban J connectivity index is 3.37. The summed E-state index contributed by atoms with van der Waals surface area (Å²) in [7, 11) is 1.25. The lowest BCUT2D eigenvalue weighted by molar-refractivity contribution is 1.56. The fraction of sp³-hybridized carbons (Fsp3) is 0.250. The number of hydrogen-bond donors (Lipinski definition) is 1. The molecule has 0 radical (unpaired) electrons. The molecule has 0 saturated heterocycles. The molecule has 0 heterocycles. The summed E-state index contributed by atoms with van der Waals surface area (Å²) in [6, 6.07) is 0. The summed E-state index contributed by atoms with van der Waals surface area (Å²) in [6.45, 7) is 5.39. The molecule has 0 spiro atoms. The van der Waals surface area contributed by atoms with E-state index in [2.05, 4.69) is 23.2 Å². The minimum Gasteiger partial charge on any atom is -0.254 e. The number of rotatable bonds is 2. The minimum atomic E-state index is 0.728. The molecule has 0 fully saturated rings. The van der Waals surface area contributed by atoms with Crippen LogP contribution in [0.25, 0.3) is 0 Å². The molecule has 1 nitrogen and oxygen atoms in total. The summed E-state index contributed by atoms with van der Waals surface area (Å²) in [6.07, 6.45) is 1.69. The molecular formula is C4H7NS2. The van der Waals surface area contributed by atoms with Gasteiger partial charge < -0.3 is 0 Å². The Labute approximate surface area is 52.7 Å². The first kappa shape index (κ1) is 7.11. The van der Waals surface area contributed by atoms with E-state index in [1.54, 1.807) is 6.21 Å². The Hall–Kier alpha value is 0.110. The van der Waals surface area contributed by atoms with Crippen LogP contribution in [-0.2, 0) is 0 Å². The predicted molar refractivity (Wildman–Crippen MR) is 39.9 cm³/mol. The lowest BCUT2D eigenvalue weighted by Gasteiger charge is -1.84. The lowest BCUT2D eigenvalue weighted by Crippen LogP contribution is -1.59. The molecule has 0 aromatic heterocycles. The summed E-state index contributed by atoms with van der Waals surface area (Å²) in [4.78, 5) is 3.81. The van der Waals surface area contributed by atoms with E-state index < -0.39 is 0 Å². The monoisotopic (exact) mass is 133 g/mol. The highest BCUT2D eigenvalue weighted by molar-refractivity contribution is 8.70. The topological polar surface area (TPSA) is 12.4 Å². The Morgan fingerprint density at radius 2 is 2.57 bits per heavy atom. The predicted octanol–water partition coefficient (Wildman–Crippen LogP) is 2.13. The average molecular weight is 133 g/mol. The van der Waals surface area contributed by atoms with Crippen LogP contribution in [0.2, 0.25) is 0 Å². The van der Waals surface area contributed by atoms with Crippen LogP contribution in [0.3, 0.4) is 0 Å². The maximum absolute atomic E-state index is 3.85. The summed E-state index contributed by atoms with van der Waals surface area (Å²) < 4.78 is 0. The van der Waals surface area contributed by atoms with Crippen molar-refractivity contribution < 1.29 is 0 Å². The molecule has 0 rings (SSSR count). The van der Waals surface area contributed by atoms with E-state index in [0.717, 1.165) is 5.03 Å². The van der Waals surface area contributed by atoms with Crippen molar-refractivity contribution in [2.45, 2.75) is 6.92 Å². The van der Waals surface area contributed by atoms with Crippen molar-refractivity contribution in [3.05, 3.63) is 11.6 Å². The second-order valence-electron chi connectivity index (χ2n) is 0.872. The lowest BCUT2D eigenvalue weighted by atomic mass is 10.9. The van der Waals surface area contributed by atoms with E-state index in [1.165, 1.54) is 10.8 Å². The minimum absolute atomic E-state index is 0.728. The molecule has 0 N–H and O–H groups in total. The van der Waals surface area contributed by atoms with E-state index in [4.69, 9.17) is 0 Å². The van der Waals surface area contributed by atoms with Crippen molar-refractivity contribution in [3.63, 3.8) is 0 Å². The fourth-order valence-corrected chi connectivity index (χ4v) is 0.462. The summed E-state index contributed by atoms with van der Waals surface area (Å²) in [5.74, 6) is 0. The van der Waals surface area contributed by atoms with Crippen molar-refractivity contribution >= 4 is 28.7 Å². The van der Waals surface area contributed by atoms with E-state index in [1.807, 2.05) is 6.92 Å². The van der Waals surface area contributed by atoms with Gasteiger partial charge in [-0.2, -0.15) is 0 Å². The zero-order chi connectivity index (χ0) is 5.70. The molecule has 0 unspecified atom stereocenters. The van der Waals surface area contributed by atoms with Gasteiger partial charge in [-0.25, -0.2) is 0 Å². The largest absolute Gasteiger partial charge is 0.254 e. The van der Waals surface area contributed by atoms with Gasteiger partial charge >= 0.3 is 0 Å². The number of aliphatic imine (C=N–C) groups is 1. The van der Waals surface area contributed by atoms with Gasteiger partial charge in [0.1, 0.15) is 0 Å². The maximum Gasteiger partial charge on any atom is 0.0986 e. The van der Waals surface area contributed by atoms with Crippen LogP contribution in [-0.4, -0.2) is 6.21 Å². The van der Waals surface area contributed by atoms with Crippen LogP contribution in [0.4, 0.5) is 0 Å². The van der Waals surface area contributed by atoms with Crippen molar-refractivity contribution in [2.75, 3.05) is 0 Å². The zero-order valence-electron chi connectivity index (χ0n) is 4.09. The Kier molecular flexibility index (Phi) is 4.34. The molecule has 0 aliphatic rings. The average Bonchev–Trinajstić information content (AvgIpc) is 1.68. The first-order valence-electron chi connectivity index (χ1n) is 1.80. The van der Waals surface area contributed by atoms with E-state index in [0.29, 0.717) is 0 Å². The van der Waals surface area contributed by atoms with Crippen LogP contribution < -0.4 is 0 Å². The van der Waals surface area contributed by atoms with Gasteiger partial charge in [0, 0.05) is 6.21 Å². The molecule has 0 aliphatic carbocycles. The molecule has 0 atom stereocenters. The van der Waals surface area contributed by atoms with Crippen molar-refractivity contribution in [1.82, 2.24) is 0 Å². The van der Waals surface area contributed by atoms with Crippen LogP contribution in [0, 0.1) is 0 Å². The molecule has 0 amide bonds. The first-order chi connectivity index (χ1) is 3.31. The van der Waals surface area contributed by atoms with Gasteiger partial charge in [-0.05, 0) is 17.7 Å². The van der Waals surface area contributed by atoms with Gasteiger partial charge in [-0.15, -0.1) is 11.7 Å². The molecule has 3 heteroatoms. The number of thiol groups is 1.